The molecule has 1 N–H and O–H groups in total. The Morgan fingerprint density at radius 3 is 2.62 bits per heavy atom. The van der Waals surface area contributed by atoms with Crippen LogP contribution in [0.5, 0.6) is 11.5 Å². The van der Waals surface area contributed by atoms with Crippen LogP contribution in [0.25, 0.3) is 0 Å². The largest absolute Gasteiger partial charge is 0.486 e. The number of carbonyl (C=O) groups is 1. The number of amides is 1. The van der Waals surface area contributed by atoms with E-state index in [2.05, 4.69) is 17.4 Å². The minimum Gasteiger partial charge on any atom is -0.486 e. The van der Waals surface area contributed by atoms with Gasteiger partial charge >= 0.3 is 0 Å². The number of ether oxygens (including phenoxy) is 2. The quantitative estimate of drug-likeness (QED) is 0.925. The molecule has 3 aliphatic rings. The molecular formula is C17H21NO3. The van der Waals surface area contributed by atoms with Crippen molar-refractivity contribution in [3.8, 4) is 11.5 Å². The van der Waals surface area contributed by atoms with Crippen molar-refractivity contribution in [3.05, 3.63) is 23.8 Å². The first-order chi connectivity index (χ1) is 10.3. The van der Waals surface area contributed by atoms with E-state index >= 15 is 0 Å². The van der Waals surface area contributed by atoms with Crippen LogP contribution in [0.3, 0.4) is 0 Å². The van der Waals surface area contributed by atoms with E-state index in [1.54, 1.807) is 0 Å². The molecule has 1 amide bonds. The van der Waals surface area contributed by atoms with E-state index < -0.39 is 0 Å². The average molecular weight is 287 g/mol. The van der Waals surface area contributed by atoms with E-state index in [1.165, 1.54) is 12.0 Å². The van der Waals surface area contributed by atoms with Gasteiger partial charge in [0.05, 0.1) is 0 Å². The zero-order chi connectivity index (χ0) is 14.3. The lowest BCUT2D eigenvalue weighted by molar-refractivity contribution is -0.127. The van der Waals surface area contributed by atoms with Gasteiger partial charge in [-0.05, 0) is 43.4 Å². The van der Waals surface area contributed by atoms with Crippen LogP contribution in [0.15, 0.2) is 18.2 Å². The zero-order valence-corrected chi connectivity index (χ0v) is 12.2. The Kier molecular flexibility index (Phi) is 3.05. The molecule has 1 aromatic carbocycles. The normalized spacial score (nSPS) is 22.3. The third kappa shape index (κ3) is 2.37. The maximum atomic E-state index is 12.0. The molecule has 4 rings (SSSR count). The molecule has 0 atom stereocenters. The first-order valence-electron chi connectivity index (χ1n) is 7.95. The maximum absolute atomic E-state index is 12.0. The molecule has 2 aliphatic carbocycles. The van der Waals surface area contributed by atoms with Crippen LogP contribution in [-0.4, -0.2) is 25.7 Å². The molecule has 0 radical (unpaired) electrons. The van der Waals surface area contributed by atoms with Crippen LogP contribution in [0, 0.1) is 5.92 Å². The Bertz CT molecular complexity index is 561. The Morgan fingerprint density at radius 2 is 1.95 bits per heavy atom. The van der Waals surface area contributed by atoms with Crippen molar-refractivity contribution in [2.75, 3.05) is 19.8 Å². The second-order valence-electron chi connectivity index (χ2n) is 6.48. The van der Waals surface area contributed by atoms with E-state index in [1.807, 2.05) is 6.07 Å². The van der Waals surface area contributed by atoms with Gasteiger partial charge in [-0.2, -0.15) is 0 Å². The molecular weight excluding hydrogens is 266 g/mol. The number of rotatable bonds is 4. The number of carbonyl (C=O) groups excluding carboxylic acids is 1. The van der Waals surface area contributed by atoms with Crippen molar-refractivity contribution in [3.63, 3.8) is 0 Å². The van der Waals surface area contributed by atoms with Gasteiger partial charge in [0.2, 0.25) is 5.91 Å². The summed E-state index contributed by atoms with van der Waals surface area (Å²) in [5, 5.41) is 3.15. The molecule has 21 heavy (non-hydrogen) atoms. The summed E-state index contributed by atoms with van der Waals surface area (Å²) in [7, 11) is 0. The second kappa shape index (κ2) is 4.93. The summed E-state index contributed by atoms with van der Waals surface area (Å²) >= 11 is 0. The van der Waals surface area contributed by atoms with Crippen LogP contribution < -0.4 is 14.8 Å². The lowest BCUT2D eigenvalue weighted by Gasteiger charge is -2.26. The zero-order valence-electron chi connectivity index (χ0n) is 12.2. The molecule has 0 unspecified atom stereocenters. The topological polar surface area (TPSA) is 47.6 Å². The predicted octanol–water partition coefficient (Wildman–Crippen LogP) is 2.41. The molecule has 0 bridgehead atoms. The highest BCUT2D eigenvalue weighted by Gasteiger charge is 2.45. The Labute approximate surface area is 124 Å². The molecule has 0 saturated heterocycles. The molecule has 4 heteroatoms. The summed E-state index contributed by atoms with van der Waals surface area (Å²) in [5.41, 5.74) is 1.38. The van der Waals surface area contributed by atoms with Gasteiger partial charge in [0.15, 0.2) is 11.5 Å². The van der Waals surface area contributed by atoms with Crippen molar-refractivity contribution in [1.29, 1.82) is 0 Å². The molecule has 2 fully saturated rings. The number of fused-ring (bicyclic) bond motifs is 1. The van der Waals surface area contributed by atoms with Crippen LogP contribution >= 0.6 is 0 Å². The van der Waals surface area contributed by atoms with Gasteiger partial charge in [0, 0.05) is 17.9 Å². The maximum Gasteiger partial charge on any atom is 0.223 e. The summed E-state index contributed by atoms with van der Waals surface area (Å²) in [6, 6.07) is 6.21. The van der Waals surface area contributed by atoms with Crippen molar-refractivity contribution in [2.45, 2.75) is 37.5 Å². The highest BCUT2D eigenvalue weighted by atomic mass is 16.6. The molecule has 1 aromatic rings. The van der Waals surface area contributed by atoms with Gasteiger partial charge in [0.25, 0.3) is 0 Å². The molecule has 0 aromatic heterocycles. The van der Waals surface area contributed by atoms with Crippen molar-refractivity contribution in [1.82, 2.24) is 5.32 Å². The van der Waals surface area contributed by atoms with E-state index in [4.69, 9.17) is 9.47 Å². The van der Waals surface area contributed by atoms with Gasteiger partial charge in [-0.1, -0.05) is 12.5 Å². The molecule has 2 saturated carbocycles. The summed E-state index contributed by atoms with van der Waals surface area (Å²) in [4.78, 5) is 12.0. The standard InChI is InChI=1S/C17H21NO3/c19-16(12-2-1-3-12)18-11-17(6-7-17)13-4-5-14-15(10-13)21-9-8-20-14/h4-5,10,12H,1-3,6-9,11H2,(H,18,19). The van der Waals surface area contributed by atoms with Crippen LogP contribution in [-0.2, 0) is 10.2 Å². The molecule has 0 spiro atoms. The summed E-state index contributed by atoms with van der Waals surface area (Å²) in [6.07, 6.45) is 5.59. The number of nitrogens with one attached hydrogen (secondary N) is 1. The van der Waals surface area contributed by atoms with Gasteiger partial charge in [0.1, 0.15) is 13.2 Å². The Hall–Kier alpha value is -1.71. The summed E-state index contributed by atoms with van der Waals surface area (Å²) in [5.74, 6) is 2.18. The lowest BCUT2D eigenvalue weighted by atomic mass is 9.84. The number of hydrogen-bond donors (Lipinski definition) is 1. The second-order valence-corrected chi connectivity index (χ2v) is 6.48. The molecule has 1 aliphatic heterocycles. The Balaban J connectivity index is 1.45. The smallest absolute Gasteiger partial charge is 0.223 e. The molecule has 4 nitrogen and oxygen atoms in total. The van der Waals surface area contributed by atoms with Crippen molar-refractivity contribution >= 4 is 5.91 Å². The van der Waals surface area contributed by atoms with Gasteiger partial charge in [-0.3, -0.25) is 4.79 Å². The predicted molar refractivity (Wildman–Crippen MR) is 78.7 cm³/mol. The van der Waals surface area contributed by atoms with E-state index in [-0.39, 0.29) is 17.2 Å². The number of hydrogen-bond acceptors (Lipinski definition) is 3. The minimum absolute atomic E-state index is 0.120. The summed E-state index contributed by atoms with van der Waals surface area (Å²) < 4.78 is 11.2. The van der Waals surface area contributed by atoms with Gasteiger partial charge in [-0.15, -0.1) is 0 Å². The summed E-state index contributed by atoms with van der Waals surface area (Å²) in [6.45, 7) is 1.98. The van der Waals surface area contributed by atoms with Gasteiger partial charge in [-0.25, -0.2) is 0 Å². The van der Waals surface area contributed by atoms with Crippen LogP contribution in [0.2, 0.25) is 0 Å². The molecule has 112 valence electrons. The minimum atomic E-state index is 0.120. The first kappa shape index (κ1) is 13.0. The molecule has 1 heterocycles. The van der Waals surface area contributed by atoms with Gasteiger partial charge < -0.3 is 14.8 Å². The van der Waals surface area contributed by atoms with E-state index in [9.17, 15) is 4.79 Å². The average Bonchev–Trinajstić information content (AvgIpc) is 3.24. The van der Waals surface area contributed by atoms with Crippen molar-refractivity contribution < 1.29 is 14.3 Å². The van der Waals surface area contributed by atoms with E-state index in [0.29, 0.717) is 13.2 Å². The fourth-order valence-corrected chi connectivity index (χ4v) is 3.16. The Morgan fingerprint density at radius 1 is 1.19 bits per heavy atom. The van der Waals surface area contributed by atoms with Crippen LogP contribution in [0.4, 0.5) is 0 Å². The monoisotopic (exact) mass is 287 g/mol. The highest BCUT2D eigenvalue weighted by Crippen LogP contribution is 2.49. The number of benzene rings is 1. The lowest BCUT2D eigenvalue weighted by Crippen LogP contribution is -2.38. The fourth-order valence-electron chi connectivity index (χ4n) is 3.16. The third-order valence-electron chi connectivity index (χ3n) is 5.09. The van der Waals surface area contributed by atoms with Crippen molar-refractivity contribution in [2.24, 2.45) is 5.92 Å². The highest BCUT2D eigenvalue weighted by molar-refractivity contribution is 5.79. The van der Waals surface area contributed by atoms with E-state index in [0.717, 1.165) is 43.7 Å². The fraction of sp³-hybridized carbons (Fsp3) is 0.588. The first-order valence-corrected chi connectivity index (χ1v) is 7.95. The third-order valence-corrected chi connectivity index (χ3v) is 5.09. The SMILES string of the molecule is O=C(NCC1(c2ccc3c(c2)OCCO3)CC1)C1CCC1. The van der Waals surface area contributed by atoms with Crippen LogP contribution in [0.1, 0.15) is 37.7 Å².